The van der Waals surface area contributed by atoms with Crippen LogP contribution in [0, 0.1) is 6.92 Å². The molecule has 0 fully saturated rings. The van der Waals surface area contributed by atoms with Crippen molar-refractivity contribution in [1.29, 1.82) is 0 Å². The maximum Gasteiger partial charge on any atom is 0.00305 e. The molecule has 0 bridgehead atoms. The summed E-state index contributed by atoms with van der Waals surface area (Å²) in [6.07, 6.45) is 8.39. The van der Waals surface area contributed by atoms with Crippen molar-refractivity contribution in [2.45, 2.75) is 32.1 Å². The second-order valence-electron chi connectivity index (χ2n) is 7.39. The maximum atomic E-state index is 2.52. The molecule has 0 aromatic heterocycles. The average Bonchev–Trinajstić information content (AvgIpc) is 2.67. The Balaban J connectivity index is 1.71. The van der Waals surface area contributed by atoms with E-state index in [1.165, 1.54) is 56.7 Å². The predicted octanol–water partition coefficient (Wildman–Crippen LogP) is 4.51. The highest BCUT2D eigenvalue weighted by Crippen LogP contribution is 2.28. The van der Waals surface area contributed by atoms with Gasteiger partial charge in [0.2, 0.25) is 0 Å². The lowest BCUT2D eigenvalue weighted by Gasteiger charge is -2.22. The zero-order valence-corrected chi connectivity index (χ0v) is 14.6. The topological polar surface area (TPSA) is 0 Å². The highest BCUT2D eigenvalue weighted by atomic mass is 14.2. The summed E-state index contributed by atoms with van der Waals surface area (Å²) < 4.78 is 0. The minimum Gasteiger partial charge on any atom is -0.0716 e. The van der Waals surface area contributed by atoms with Crippen LogP contribution in [0.25, 0.3) is 23.3 Å². The lowest BCUT2D eigenvalue weighted by Crippen LogP contribution is -2.35. The molecule has 1 atom stereocenters. The molecule has 2 aliphatic carbocycles. The summed E-state index contributed by atoms with van der Waals surface area (Å²) in [5, 5.41) is 2.93. The first-order chi connectivity index (χ1) is 12.3. The van der Waals surface area contributed by atoms with Gasteiger partial charge in [-0.1, -0.05) is 78.4 Å². The van der Waals surface area contributed by atoms with Crippen LogP contribution in [-0.4, -0.2) is 0 Å². The van der Waals surface area contributed by atoms with E-state index in [2.05, 4.69) is 79.7 Å². The van der Waals surface area contributed by atoms with Gasteiger partial charge in [-0.3, -0.25) is 0 Å². The van der Waals surface area contributed by atoms with Crippen molar-refractivity contribution in [1.82, 2.24) is 0 Å². The molecule has 3 aromatic rings. The molecule has 0 saturated heterocycles. The van der Waals surface area contributed by atoms with Crippen molar-refractivity contribution in [3.05, 3.63) is 93.4 Å². The van der Waals surface area contributed by atoms with Crippen LogP contribution in [0.4, 0.5) is 0 Å². The molecule has 25 heavy (non-hydrogen) atoms. The van der Waals surface area contributed by atoms with E-state index in [1.54, 1.807) is 0 Å². The molecule has 0 aliphatic heterocycles. The van der Waals surface area contributed by atoms with Gasteiger partial charge in [-0.2, -0.15) is 0 Å². The van der Waals surface area contributed by atoms with E-state index in [0.717, 1.165) is 6.42 Å². The fraction of sp³-hybridized carbons (Fsp3) is 0.200. The Bertz CT molecular complexity index is 1090. The highest BCUT2D eigenvalue weighted by molar-refractivity contribution is 5.74. The fourth-order valence-electron chi connectivity index (χ4n) is 4.48. The molecule has 0 heterocycles. The van der Waals surface area contributed by atoms with Crippen molar-refractivity contribution < 1.29 is 0 Å². The van der Waals surface area contributed by atoms with Gasteiger partial charge < -0.3 is 0 Å². The summed E-state index contributed by atoms with van der Waals surface area (Å²) in [6, 6.07) is 22.5. The van der Waals surface area contributed by atoms with Crippen LogP contribution >= 0.6 is 0 Å². The minimum atomic E-state index is 0.532. The summed E-state index contributed by atoms with van der Waals surface area (Å²) in [6.45, 7) is 2.19. The summed E-state index contributed by atoms with van der Waals surface area (Å²) in [4.78, 5) is 0. The first-order valence-electron chi connectivity index (χ1n) is 9.28. The third-order valence-corrected chi connectivity index (χ3v) is 5.77. The number of benzene rings is 3. The summed E-state index contributed by atoms with van der Waals surface area (Å²) in [5.41, 5.74) is 8.58. The van der Waals surface area contributed by atoms with Crippen LogP contribution in [0.5, 0.6) is 0 Å². The van der Waals surface area contributed by atoms with Crippen LogP contribution in [0.3, 0.4) is 0 Å². The summed E-state index contributed by atoms with van der Waals surface area (Å²) in [5.74, 6) is 0.532. The quantitative estimate of drug-likeness (QED) is 0.618. The summed E-state index contributed by atoms with van der Waals surface area (Å²) >= 11 is 0. The van der Waals surface area contributed by atoms with Crippen LogP contribution < -0.4 is 10.4 Å². The smallest absolute Gasteiger partial charge is 0.00305 e. The number of fused-ring (bicyclic) bond motifs is 5. The third kappa shape index (κ3) is 2.44. The molecule has 0 amide bonds. The van der Waals surface area contributed by atoms with Crippen LogP contribution in [0.15, 0.2) is 60.7 Å². The molecule has 3 aromatic carbocycles. The van der Waals surface area contributed by atoms with E-state index in [1.807, 2.05) is 0 Å². The lowest BCUT2D eigenvalue weighted by atomic mass is 9.82. The largest absolute Gasteiger partial charge is 0.0716 e. The molecule has 0 saturated carbocycles. The van der Waals surface area contributed by atoms with Gasteiger partial charge in [0.25, 0.3) is 0 Å². The molecule has 0 nitrogen and oxygen atoms in total. The molecule has 1 unspecified atom stereocenters. The van der Waals surface area contributed by atoms with E-state index in [4.69, 9.17) is 0 Å². The van der Waals surface area contributed by atoms with Crippen molar-refractivity contribution in [3.8, 4) is 11.1 Å². The van der Waals surface area contributed by atoms with Crippen LogP contribution in [0.2, 0.25) is 0 Å². The SMILES string of the molecule is Cc1cccc(C2C=c3c(ccc4c3=CCc3ccccc3-4)CC2)c1. The number of aryl methyl sites for hydroxylation is 2. The van der Waals surface area contributed by atoms with Crippen molar-refractivity contribution in [2.75, 3.05) is 0 Å². The Kier molecular flexibility index (Phi) is 3.38. The Morgan fingerprint density at radius 2 is 1.72 bits per heavy atom. The second-order valence-corrected chi connectivity index (χ2v) is 7.39. The molecule has 0 N–H and O–H groups in total. The zero-order valence-electron chi connectivity index (χ0n) is 14.6. The maximum absolute atomic E-state index is 2.52. The molecule has 0 heteroatoms. The average molecular weight is 322 g/mol. The van der Waals surface area contributed by atoms with Gasteiger partial charge >= 0.3 is 0 Å². The molecular formula is C25H22. The van der Waals surface area contributed by atoms with Gasteiger partial charge in [0.1, 0.15) is 0 Å². The first-order valence-corrected chi connectivity index (χ1v) is 9.28. The molecule has 5 rings (SSSR count). The Hall–Kier alpha value is -2.60. The lowest BCUT2D eigenvalue weighted by molar-refractivity contribution is 0.738. The van der Waals surface area contributed by atoms with E-state index < -0.39 is 0 Å². The Labute approximate surface area is 149 Å². The normalized spacial score (nSPS) is 17.6. The second kappa shape index (κ2) is 5.74. The predicted molar refractivity (Wildman–Crippen MR) is 106 cm³/mol. The van der Waals surface area contributed by atoms with Crippen molar-refractivity contribution >= 4 is 12.2 Å². The van der Waals surface area contributed by atoms with Crippen LogP contribution in [-0.2, 0) is 12.8 Å². The van der Waals surface area contributed by atoms with Gasteiger partial charge in [-0.25, -0.2) is 0 Å². The Morgan fingerprint density at radius 1 is 0.800 bits per heavy atom. The monoisotopic (exact) mass is 322 g/mol. The van der Waals surface area contributed by atoms with E-state index in [9.17, 15) is 0 Å². The first kappa shape index (κ1) is 14.7. The number of rotatable bonds is 1. The van der Waals surface area contributed by atoms with Crippen molar-refractivity contribution in [3.63, 3.8) is 0 Å². The summed E-state index contributed by atoms with van der Waals surface area (Å²) in [7, 11) is 0. The minimum absolute atomic E-state index is 0.532. The Morgan fingerprint density at radius 3 is 2.64 bits per heavy atom. The standard InChI is InChI=1S/C25H22/c1-17-5-4-7-20(15-17)21-10-9-19-12-13-23-22-8-3-2-6-18(22)11-14-24(23)25(19)16-21/h2-8,12-16,21H,9-11H2,1H3. The highest BCUT2D eigenvalue weighted by Gasteiger charge is 2.18. The van der Waals surface area contributed by atoms with Gasteiger partial charge in [0.05, 0.1) is 0 Å². The molecule has 122 valence electrons. The van der Waals surface area contributed by atoms with E-state index in [-0.39, 0.29) is 0 Å². The van der Waals surface area contributed by atoms with Crippen molar-refractivity contribution in [2.24, 2.45) is 0 Å². The van der Waals surface area contributed by atoms with Crippen LogP contribution in [0.1, 0.15) is 34.6 Å². The molecule has 2 aliphatic rings. The van der Waals surface area contributed by atoms with Gasteiger partial charge in [0, 0.05) is 5.92 Å². The number of hydrogen-bond donors (Lipinski definition) is 0. The fourth-order valence-corrected chi connectivity index (χ4v) is 4.48. The number of hydrogen-bond acceptors (Lipinski definition) is 0. The molecule has 0 radical (unpaired) electrons. The third-order valence-electron chi connectivity index (χ3n) is 5.77. The zero-order chi connectivity index (χ0) is 16.8. The molecule has 0 spiro atoms. The van der Waals surface area contributed by atoms with Gasteiger partial charge in [0.15, 0.2) is 0 Å². The van der Waals surface area contributed by atoms with Gasteiger partial charge in [-0.15, -0.1) is 0 Å². The van der Waals surface area contributed by atoms with E-state index >= 15 is 0 Å². The van der Waals surface area contributed by atoms with Gasteiger partial charge in [-0.05, 0) is 64.4 Å². The molecular weight excluding hydrogens is 300 g/mol. The van der Waals surface area contributed by atoms with E-state index in [0.29, 0.717) is 5.92 Å².